The van der Waals surface area contributed by atoms with Crippen LogP contribution in [0.25, 0.3) is 6.08 Å². The highest BCUT2D eigenvalue weighted by molar-refractivity contribution is 7.00. The van der Waals surface area contributed by atoms with Crippen molar-refractivity contribution < 1.29 is 19.0 Å². The van der Waals surface area contributed by atoms with Gasteiger partial charge < -0.3 is 19.0 Å². The molecule has 7 rings (SSSR count). The van der Waals surface area contributed by atoms with Crippen LogP contribution in [0.4, 0.5) is 0 Å². The quantitative estimate of drug-likeness (QED) is 0.329. The zero-order chi connectivity index (χ0) is 30.0. The molecule has 0 spiro atoms. The summed E-state index contributed by atoms with van der Waals surface area (Å²) in [6, 6.07) is 26.1. The van der Waals surface area contributed by atoms with E-state index in [2.05, 4.69) is 107 Å². The van der Waals surface area contributed by atoms with E-state index in [-0.39, 0.29) is 22.5 Å². The minimum atomic E-state index is -2.80. The highest BCUT2D eigenvalue weighted by atomic mass is 28.4. The van der Waals surface area contributed by atoms with Gasteiger partial charge in [-0.3, -0.25) is 0 Å². The zero-order valence-electron chi connectivity index (χ0n) is 26.1. The fourth-order valence-corrected chi connectivity index (χ4v) is 14.1. The Kier molecular flexibility index (Phi) is 7.05. The lowest BCUT2D eigenvalue weighted by Gasteiger charge is -2.58. The van der Waals surface area contributed by atoms with Crippen LogP contribution in [-0.4, -0.2) is 38.5 Å². The van der Waals surface area contributed by atoms with Crippen molar-refractivity contribution in [2.24, 2.45) is 17.3 Å². The molecule has 0 amide bonds. The van der Waals surface area contributed by atoms with Gasteiger partial charge in [0.15, 0.2) is 5.79 Å². The van der Waals surface area contributed by atoms with Crippen LogP contribution in [0.3, 0.4) is 0 Å². The van der Waals surface area contributed by atoms with Gasteiger partial charge in [-0.1, -0.05) is 101 Å². The van der Waals surface area contributed by atoms with Crippen molar-refractivity contribution >= 4 is 24.8 Å². The average molecular weight is 595 g/mol. The standard InChI is InChI=1S/C38H46O4Si/c1-6-26-23-28(42-43(36(2,3)4,29-13-9-7-10-14-29)30-15-11-8-12-16-30)24-27-17-18-31-32-19-20-33-37(32,5)25-38(39,35(31)34(26)27)41-22-21-40-33/h6-16,23-24,31-33,35,39H,1,17-22,25H2,2-5H3/t31-,32-,33?,35-,37-,38?/m0/s1. The van der Waals surface area contributed by atoms with E-state index >= 15 is 0 Å². The van der Waals surface area contributed by atoms with Crippen molar-refractivity contribution in [2.45, 2.75) is 82.6 Å². The maximum atomic E-state index is 12.4. The second kappa shape index (κ2) is 10.4. The molecule has 1 saturated heterocycles. The minimum absolute atomic E-state index is 0.0610. The molecule has 2 bridgehead atoms. The molecule has 1 heterocycles. The summed E-state index contributed by atoms with van der Waals surface area (Å²) >= 11 is 0. The Morgan fingerprint density at radius 3 is 2.26 bits per heavy atom. The fourth-order valence-electron chi connectivity index (χ4n) is 9.70. The Balaban J connectivity index is 1.36. The zero-order valence-corrected chi connectivity index (χ0v) is 27.1. The van der Waals surface area contributed by atoms with Gasteiger partial charge in [-0.25, -0.2) is 0 Å². The van der Waals surface area contributed by atoms with Gasteiger partial charge in [-0.2, -0.15) is 0 Å². The summed E-state index contributed by atoms with van der Waals surface area (Å²) < 4.78 is 20.2. The van der Waals surface area contributed by atoms with E-state index < -0.39 is 14.1 Å². The van der Waals surface area contributed by atoms with E-state index in [1.807, 2.05) is 6.08 Å². The molecule has 43 heavy (non-hydrogen) atoms. The maximum absolute atomic E-state index is 12.4. The van der Waals surface area contributed by atoms with E-state index in [0.717, 1.165) is 37.0 Å². The summed E-state index contributed by atoms with van der Waals surface area (Å²) in [5.74, 6) is 0.465. The molecule has 3 aromatic carbocycles. The Morgan fingerprint density at radius 1 is 0.953 bits per heavy atom. The number of aryl methyl sites for hydroxylation is 1. The highest BCUT2D eigenvalue weighted by Gasteiger charge is 2.64. The van der Waals surface area contributed by atoms with Crippen molar-refractivity contribution in [1.82, 2.24) is 0 Å². The number of ether oxygens (including phenoxy) is 2. The molecule has 226 valence electrons. The predicted octanol–water partition coefficient (Wildman–Crippen LogP) is 6.84. The molecule has 3 aromatic rings. The first-order chi connectivity index (χ1) is 20.6. The molecule has 3 aliphatic carbocycles. The highest BCUT2D eigenvalue weighted by Crippen LogP contribution is 2.65. The second-order valence-corrected chi connectivity index (χ2v) is 18.9. The Morgan fingerprint density at radius 2 is 1.63 bits per heavy atom. The molecule has 4 nitrogen and oxygen atoms in total. The van der Waals surface area contributed by atoms with E-state index in [1.165, 1.54) is 21.5 Å². The monoisotopic (exact) mass is 594 g/mol. The normalized spacial score (nSPS) is 31.7. The summed E-state index contributed by atoms with van der Waals surface area (Å²) in [5, 5.41) is 14.8. The molecule has 1 aliphatic heterocycles. The maximum Gasteiger partial charge on any atom is 0.319 e. The first-order valence-corrected chi connectivity index (χ1v) is 18.1. The molecule has 0 aromatic heterocycles. The van der Waals surface area contributed by atoms with E-state index in [9.17, 15) is 5.11 Å². The van der Waals surface area contributed by atoms with Crippen LogP contribution in [0, 0.1) is 17.3 Å². The van der Waals surface area contributed by atoms with Gasteiger partial charge in [0.1, 0.15) is 5.75 Å². The Bertz CT molecular complexity index is 1460. The summed E-state index contributed by atoms with van der Waals surface area (Å²) in [6.07, 6.45) is 7.03. The Labute approximate surface area is 258 Å². The van der Waals surface area contributed by atoms with Crippen molar-refractivity contribution in [1.29, 1.82) is 0 Å². The van der Waals surface area contributed by atoms with Crippen LogP contribution in [0.1, 0.15) is 76.0 Å². The van der Waals surface area contributed by atoms with Gasteiger partial charge >= 0.3 is 8.32 Å². The van der Waals surface area contributed by atoms with Gasteiger partial charge in [0.2, 0.25) is 0 Å². The molecule has 2 unspecified atom stereocenters. The van der Waals surface area contributed by atoms with E-state index in [4.69, 9.17) is 13.9 Å². The lowest BCUT2D eigenvalue weighted by molar-refractivity contribution is -0.299. The minimum Gasteiger partial charge on any atom is -0.534 e. The van der Waals surface area contributed by atoms with Crippen molar-refractivity contribution in [3.63, 3.8) is 0 Å². The summed E-state index contributed by atoms with van der Waals surface area (Å²) in [7, 11) is -2.80. The number of aliphatic hydroxyl groups is 1. The molecule has 6 atom stereocenters. The van der Waals surface area contributed by atoms with Crippen molar-refractivity contribution in [3.8, 4) is 5.75 Å². The van der Waals surface area contributed by atoms with Gasteiger partial charge in [0.25, 0.3) is 0 Å². The Hall–Kier alpha value is -2.70. The topological polar surface area (TPSA) is 47.9 Å². The number of benzene rings is 3. The number of rotatable bonds is 5. The van der Waals surface area contributed by atoms with Crippen LogP contribution >= 0.6 is 0 Å². The third-order valence-corrected chi connectivity index (χ3v) is 16.3. The van der Waals surface area contributed by atoms with Gasteiger partial charge in [0, 0.05) is 17.8 Å². The van der Waals surface area contributed by atoms with Crippen LogP contribution in [-0.2, 0) is 15.9 Å². The largest absolute Gasteiger partial charge is 0.534 e. The number of hydrogen-bond acceptors (Lipinski definition) is 4. The average Bonchev–Trinajstić information content (AvgIpc) is 3.30. The molecule has 1 N–H and O–H groups in total. The SMILES string of the molecule is C=Cc1cc(O[Si](c2ccccc2)(c2ccccc2)C(C)(C)C)cc2c1[C@@H]1[C@@H](CC2)[C@@H]2CCC3OCCOC1(O)C[C@]32C. The van der Waals surface area contributed by atoms with Crippen LogP contribution in [0.15, 0.2) is 79.4 Å². The number of fused-ring (bicyclic) bond motifs is 6. The summed E-state index contributed by atoms with van der Waals surface area (Å²) in [4.78, 5) is 0. The number of hydrogen-bond donors (Lipinski definition) is 1. The first-order valence-electron chi connectivity index (χ1n) is 16.2. The van der Waals surface area contributed by atoms with Gasteiger partial charge in [-0.15, -0.1) is 0 Å². The summed E-state index contributed by atoms with van der Waals surface area (Å²) in [5.41, 5.74) is 3.48. The lowest BCUT2D eigenvalue weighted by Crippen LogP contribution is -2.68. The predicted molar refractivity (Wildman–Crippen MR) is 175 cm³/mol. The van der Waals surface area contributed by atoms with Crippen LogP contribution < -0.4 is 14.8 Å². The third-order valence-electron chi connectivity index (χ3n) is 11.4. The van der Waals surface area contributed by atoms with E-state index in [1.54, 1.807) is 0 Å². The van der Waals surface area contributed by atoms with Gasteiger partial charge in [0.05, 0.1) is 19.3 Å². The first kappa shape index (κ1) is 29.0. The molecule has 5 heteroatoms. The lowest BCUT2D eigenvalue weighted by atomic mass is 9.52. The fraction of sp³-hybridized carbons (Fsp3) is 0.474. The third kappa shape index (κ3) is 4.41. The molecule has 0 radical (unpaired) electrons. The van der Waals surface area contributed by atoms with Crippen LogP contribution in [0.5, 0.6) is 5.75 Å². The smallest absolute Gasteiger partial charge is 0.319 e. The molecule has 4 aliphatic rings. The van der Waals surface area contributed by atoms with Crippen molar-refractivity contribution in [2.75, 3.05) is 13.2 Å². The second-order valence-electron chi connectivity index (χ2n) is 14.7. The van der Waals surface area contributed by atoms with Crippen LogP contribution in [0.2, 0.25) is 5.04 Å². The van der Waals surface area contributed by atoms with Crippen molar-refractivity contribution in [3.05, 3.63) is 96.1 Å². The molecule has 3 fully saturated rings. The van der Waals surface area contributed by atoms with Gasteiger partial charge in [-0.05, 0) is 81.8 Å². The molecular formula is C38H46O4Si. The summed E-state index contributed by atoms with van der Waals surface area (Å²) in [6.45, 7) is 14.5. The molecule has 2 saturated carbocycles. The van der Waals surface area contributed by atoms with E-state index in [0.29, 0.717) is 31.5 Å². The molecular weight excluding hydrogens is 549 g/mol.